The van der Waals surface area contributed by atoms with Crippen LogP contribution in [0.5, 0.6) is 5.75 Å². The van der Waals surface area contributed by atoms with Gasteiger partial charge in [-0.05, 0) is 49.2 Å². The van der Waals surface area contributed by atoms with Gasteiger partial charge in [0.05, 0.1) is 16.7 Å². The van der Waals surface area contributed by atoms with Crippen molar-refractivity contribution in [1.29, 1.82) is 0 Å². The van der Waals surface area contributed by atoms with Gasteiger partial charge in [-0.1, -0.05) is 23.2 Å². The molecule has 1 amide bonds. The first-order valence-electron chi connectivity index (χ1n) is 9.55. The Morgan fingerprint density at radius 2 is 1.94 bits per heavy atom. The predicted octanol–water partition coefficient (Wildman–Crippen LogP) is 4.23. The third-order valence-corrected chi connectivity index (χ3v) is 5.38. The molecule has 0 saturated carbocycles. The number of fused-ring (bicyclic) bond motifs is 1. The molecule has 9 heteroatoms. The molecule has 3 aromatic rings. The number of halogens is 2. The van der Waals surface area contributed by atoms with Gasteiger partial charge in [-0.15, -0.1) is 0 Å². The number of carbonyl (C=O) groups excluding carboxylic acids is 2. The summed E-state index contributed by atoms with van der Waals surface area (Å²) in [5.41, 5.74) is -0.580. The molecule has 7 nitrogen and oxygen atoms in total. The summed E-state index contributed by atoms with van der Waals surface area (Å²) >= 11 is 11.9. The van der Waals surface area contributed by atoms with Crippen LogP contribution in [0.1, 0.15) is 33.6 Å². The highest BCUT2D eigenvalue weighted by molar-refractivity contribution is 6.36. The van der Waals surface area contributed by atoms with Gasteiger partial charge in [0.25, 0.3) is 5.91 Å². The van der Waals surface area contributed by atoms with E-state index in [1.807, 2.05) is 0 Å². The molecular formula is C22H17Cl2NO6. The monoisotopic (exact) mass is 461 g/mol. The van der Waals surface area contributed by atoms with E-state index in [2.05, 4.69) is 5.32 Å². The highest BCUT2D eigenvalue weighted by atomic mass is 35.5. The fourth-order valence-electron chi connectivity index (χ4n) is 3.24. The van der Waals surface area contributed by atoms with Gasteiger partial charge in [-0.2, -0.15) is 0 Å². The average Bonchev–Trinajstić information content (AvgIpc) is 3.25. The Hall–Kier alpha value is -2.87. The van der Waals surface area contributed by atoms with Crippen molar-refractivity contribution in [3.05, 3.63) is 74.1 Å². The lowest BCUT2D eigenvalue weighted by Crippen LogP contribution is -2.34. The molecular weight excluding hydrogens is 445 g/mol. The van der Waals surface area contributed by atoms with E-state index < -0.39 is 17.5 Å². The number of hydrogen-bond acceptors (Lipinski definition) is 6. The van der Waals surface area contributed by atoms with Gasteiger partial charge in [-0.25, -0.2) is 9.59 Å². The van der Waals surface area contributed by atoms with Crippen LogP contribution >= 0.6 is 23.2 Å². The van der Waals surface area contributed by atoms with Crippen LogP contribution in [-0.4, -0.2) is 31.1 Å². The second kappa shape index (κ2) is 9.09. The quantitative estimate of drug-likeness (QED) is 0.347. The second-order valence-corrected chi connectivity index (χ2v) is 7.85. The maximum atomic E-state index is 12.4. The molecule has 1 aromatic heterocycles. The summed E-state index contributed by atoms with van der Waals surface area (Å²) < 4.78 is 16.0. The van der Waals surface area contributed by atoms with E-state index in [1.165, 1.54) is 36.4 Å². The van der Waals surface area contributed by atoms with Crippen molar-refractivity contribution < 1.29 is 23.5 Å². The number of esters is 1. The van der Waals surface area contributed by atoms with Gasteiger partial charge >= 0.3 is 11.6 Å². The number of nitrogens with one attached hydrogen (secondary N) is 1. The Labute approximate surface area is 186 Å². The van der Waals surface area contributed by atoms with Crippen molar-refractivity contribution in [2.75, 3.05) is 13.2 Å². The van der Waals surface area contributed by atoms with Gasteiger partial charge in [0.1, 0.15) is 16.9 Å². The molecule has 0 aliphatic carbocycles. The molecule has 0 radical (unpaired) electrons. The Bertz CT molecular complexity index is 1220. The minimum Gasteiger partial charge on any atom is -0.423 e. The topological polar surface area (TPSA) is 94.8 Å². The first-order chi connectivity index (χ1) is 14.9. The lowest BCUT2D eigenvalue weighted by molar-refractivity contribution is 0.0735. The van der Waals surface area contributed by atoms with Crippen molar-refractivity contribution in [3.63, 3.8) is 0 Å². The summed E-state index contributed by atoms with van der Waals surface area (Å²) in [5, 5.41) is 3.75. The Balaban J connectivity index is 1.51. The maximum Gasteiger partial charge on any atom is 0.349 e. The van der Waals surface area contributed by atoms with E-state index in [4.69, 9.17) is 37.1 Å². The Morgan fingerprint density at radius 1 is 1.10 bits per heavy atom. The van der Waals surface area contributed by atoms with Crippen molar-refractivity contribution in [2.24, 2.45) is 0 Å². The Morgan fingerprint density at radius 3 is 2.68 bits per heavy atom. The fourth-order valence-corrected chi connectivity index (χ4v) is 3.72. The first kappa shape index (κ1) is 21.4. The number of hydrogen-bond donors (Lipinski definition) is 1. The fraction of sp³-hybridized carbons (Fsp3) is 0.227. The molecule has 4 rings (SSSR count). The lowest BCUT2D eigenvalue weighted by Gasteiger charge is -2.10. The second-order valence-electron chi connectivity index (χ2n) is 7.01. The molecule has 0 bridgehead atoms. The molecule has 2 heterocycles. The van der Waals surface area contributed by atoms with Crippen LogP contribution in [0.2, 0.25) is 10.0 Å². The molecule has 1 unspecified atom stereocenters. The average molecular weight is 462 g/mol. The van der Waals surface area contributed by atoms with E-state index in [0.29, 0.717) is 23.6 Å². The predicted molar refractivity (Wildman–Crippen MR) is 115 cm³/mol. The smallest absolute Gasteiger partial charge is 0.349 e. The van der Waals surface area contributed by atoms with Crippen LogP contribution in [0, 0.1) is 0 Å². The van der Waals surface area contributed by atoms with Gasteiger partial charge in [0.2, 0.25) is 0 Å². The van der Waals surface area contributed by atoms with E-state index in [-0.39, 0.29) is 33.6 Å². The largest absolute Gasteiger partial charge is 0.423 e. The van der Waals surface area contributed by atoms with Crippen molar-refractivity contribution >= 4 is 46.0 Å². The minimum atomic E-state index is -0.790. The third kappa shape index (κ3) is 4.90. The zero-order valence-electron chi connectivity index (χ0n) is 16.2. The highest BCUT2D eigenvalue weighted by Crippen LogP contribution is 2.25. The van der Waals surface area contributed by atoms with Crippen LogP contribution in [-0.2, 0) is 4.74 Å². The summed E-state index contributed by atoms with van der Waals surface area (Å²) in [6.45, 7) is 1.01. The molecule has 160 valence electrons. The summed E-state index contributed by atoms with van der Waals surface area (Å²) in [4.78, 5) is 37.0. The van der Waals surface area contributed by atoms with Crippen LogP contribution in [0.15, 0.2) is 51.7 Å². The van der Waals surface area contributed by atoms with Crippen LogP contribution in [0.25, 0.3) is 11.0 Å². The van der Waals surface area contributed by atoms with E-state index in [1.54, 1.807) is 6.07 Å². The number of ether oxygens (including phenoxy) is 2. The molecule has 1 aliphatic heterocycles. The zero-order chi connectivity index (χ0) is 22.0. The minimum absolute atomic E-state index is 0.0390. The molecule has 1 aliphatic rings. The van der Waals surface area contributed by atoms with Crippen LogP contribution in [0.3, 0.4) is 0 Å². The van der Waals surface area contributed by atoms with Crippen molar-refractivity contribution in [3.8, 4) is 5.75 Å². The number of rotatable bonds is 5. The van der Waals surface area contributed by atoms with E-state index in [9.17, 15) is 14.4 Å². The summed E-state index contributed by atoms with van der Waals surface area (Å²) in [6, 6.07) is 10.4. The molecule has 1 saturated heterocycles. The summed E-state index contributed by atoms with van der Waals surface area (Å²) in [5.74, 6) is -1.06. The molecule has 2 aromatic carbocycles. The SMILES string of the molecule is O=C(Oc1ccc2cc(C(=O)NCC3CCCO3)c(=O)oc2c1)c1ccc(Cl)cc1Cl. The van der Waals surface area contributed by atoms with Crippen LogP contribution < -0.4 is 15.7 Å². The highest BCUT2D eigenvalue weighted by Gasteiger charge is 2.19. The lowest BCUT2D eigenvalue weighted by atomic mass is 10.1. The maximum absolute atomic E-state index is 12.4. The summed E-state index contributed by atoms with van der Waals surface area (Å²) in [6.07, 6.45) is 1.79. The zero-order valence-corrected chi connectivity index (χ0v) is 17.7. The van der Waals surface area contributed by atoms with Crippen LogP contribution in [0.4, 0.5) is 0 Å². The number of amides is 1. The van der Waals surface area contributed by atoms with Gasteiger partial charge < -0.3 is 19.2 Å². The molecule has 31 heavy (non-hydrogen) atoms. The standard InChI is InChI=1S/C22H17Cl2NO6/c23-13-4-6-16(18(24)9-13)21(27)30-14-5-3-12-8-17(22(28)31-19(12)10-14)20(26)25-11-15-2-1-7-29-15/h3-6,8-10,15H,1-2,7,11H2,(H,25,26). The van der Waals surface area contributed by atoms with Gasteiger partial charge in [0, 0.05) is 29.6 Å². The van der Waals surface area contributed by atoms with E-state index in [0.717, 1.165) is 12.8 Å². The van der Waals surface area contributed by atoms with E-state index >= 15 is 0 Å². The first-order valence-corrected chi connectivity index (χ1v) is 10.3. The summed E-state index contributed by atoms with van der Waals surface area (Å²) in [7, 11) is 0. The van der Waals surface area contributed by atoms with Gasteiger partial charge in [-0.3, -0.25) is 4.79 Å². The molecule has 0 spiro atoms. The molecule has 1 N–H and O–H groups in total. The van der Waals surface area contributed by atoms with Crippen molar-refractivity contribution in [1.82, 2.24) is 5.32 Å². The number of carbonyl (C=O) groups is 2. The molecule has 1 atom stereocenters. The Kier molecular flexibility index (Phi) is 6.27. The third-order valence-electron chi connectivity index (χ3n) is 4.83. The number of benzene rings is 2. The normalized spacial score (nSPS) is 15.7. The van der Waals surface area contributed by atoms with Gasteiger partial charge in [0.15, 0.2) is 0 Å². The van der Waals surface area contributed by atoms with Crippen molar-refractivity contribution in [2.45, 2.75) is 18.9 Å². The molecule has 1 fully saturated rings.